The first-order valence-electron chi connectivity index (χ1n) is 8.62. The Bertz CT molecular complexity index is 728. The highest BCUT2D eigenvalue weighted by molar-refractivity contribution is 5.93. The Kier molecular flexibility index (Phi) is 5.46. The van der Waals surface area contributed by atoms with Crippen molar-refractivity contribution >= 4 is 17.5 Å². The number of rotatable bonds is 6. The topological polar surface area (TPSA) is 75.4 Å². The fraction of sp³-hybridized carbons (Fsp3) is 0.300. The number of piperidine rings is 1. The number of anilines is 1. The summed E-state index contributed by atoms with van der Waals surface area (Å²) < 4.78 is 0. The Balaban J connectivity index is 1.65. The zero-order chi connectivity index (χ0) is 17.6. The van der Waals surface area contributed by atoms with Crippen LogP contribution in [0.25, 0.3) is 0 Å². The third-order valence-electron chi connectivity index (χ3n) is 4.50. The standard InChI is InChI=1S/C20H23N3O2/c21-20(25)19(16-6-2-1-3-7-16)22-14-15-9-11-17(12-10-15)23-13-5-4-8-18(23)24/h1-3,6-7,9-12,19,22H,4-5,8,13-14H2,(H2,21,25)/t19-/m1/s1. The molecule has 1 atom stereocenters. The molecule has 0 bridgehead atoms. The second kappa shape index (κ2) is 7.94. The van der Waals surface area contributed by atoms with Gasteiger partial charge in [-0.15, -0.1) is 0 Å². The maximum absolute atomic E-state index is 12.0. The van der Waals surface area contributed by atoms with E-state index in [1.54, 1.807) is 0 Å². The van der Waals surface area contributed by atoms with Crippen molar-refractivity contribution in [2.24, 2.45) is 5.73 Å². The highest BCUT2D eigenvalue weighted by Gasteiger charge is 2.20. The van der Waals surface area contributed by atoms with Crippen molar-refractivity contribution in [3.63, 3.8) is 0 Å². The fourth-order valence-electron chi connectivity index (χ4n) is 3.12. The molecule has 1 aliphatic heterocycles. The van der Waals surface area contributed by atoms with Crippen LogP contribution in [0.15, 0.2) is 54.6 Å². The second-order valence-corrected chi connectivity index (χ2v) is 6.30. The minimum Gasteiger partial charge on any atom is -0.368 e. The lowest BCUT2D eigenvalue weighted by Crippen LogP contribution is -2.35. The van der Waals surface area contributed by atoms with Gasteiger partial charge in [-0.3, -0.25) is 14.9 Å². The van der Waals surface area contributed by atoms with Crippen molar-refractivity contribution in [2.45, 2.75) is 31.8 Å². The summed E-state index contributed by atoms with van der Waals surface area (Å²) in [5, 5.41) is 3.20. The first-order valence-corrected chi connectivity index (χ1v) is 8.62. The van der Waals surface area contributed by atoms with Gasteiger partial charge in [-0.2, -0.15) is 0 Å². The maximum Gasteiger partial charge on any atom is 0.239 e. The van der Waals surface area contributed by atoms with E-state index in [4.69, 9.17) is 5.73 Å². The van der Waals surface area contributed by atoms with Crippen LogP contribution in [0.5, 0.6) is 0 Å². The van der Waals surface area contributed by atoms with Gasteiger partial charge >= 0.3 is 0 Å². The van der Waals surface area contributed by atoms with Crippen LogP contribution in [0.3, 0.4) is 0 Å². The number of nitrogens with two attached hydrogens (primary N) is 1. The molecule has 0 aromatic heterocycles. The van der Waals surface area contributed by atoms with E-state index in [-0.39, 0.29) is 5.91 Å². The highest BCUT2D eigenvalue weighted by Crippen LogP contribution is 2.21. The zero-order valence-corrected chi connectivity index (χ0v) is 14.2. The van der Waals surface area contributed by atoms with Crippen LogP contribution in [0.1, 0.15) is 36.4 Å². The Morgan fingerprint density at radius 3 is 2.44 bits per heavy atom. The van der Waals surface area contributed by atoms with Gasteiger partial charge in [-0.05, 0) is 36.1 Å². The summed E-state index contributed by atoms with van der Waals surface area (Å²) in [6.07, 6.45) is 2.65. The number of amides is 2. The molecule has 130 valence electrons. The largest absolute Gasteiger partial charge is 0.368 e. The lowest BCUT2D eigenvalue weighted by Gasteiger charge is -2.27. The summed E-state index contributed by atoms with van der Waals surface area (Å²) in [4.78, 5) is 25.6. The first-order chi connectivity index (χ1) is 12.1. The molecule has 25 heavy (non-hydrogen) atoms. The van der Waals surface area contributed by atoms with Gasteiger partial charge in [0.1, 0.15) is 6.04 Å². The highest BCUT2D eigenvalue weighted by atomic mass is 16.2. The summed E-state index contributed by atoms with van der Waals surface area (Å²) >= 11 is 0. The first kappa shape index (κ1) is 17.2. The molecule has 0 saturated carbocycles. The Morgan fingerprint density at radius 2 is 1.80 bits per heavy atom. The van der Waals surface area contributed by atoms with E-state index < -0.39 is 11.9 Å². The van der Waals surface area contributed by atoms with Gasteiger partial charge in [-0.1, -0.05) is 42.5 Å². The average molecular weight is 337 g/mol. The van der Waals surface area contributed by atoms with Crippen molar-refractivity contribution in [1.29, 1.82) is 0 Å². The third-order valence-corrected chi connectivity index (χ3v) is 4.50. The Hall–Kier alpha value is -2.66. The predicted molar refractivity (Wildman–Crippen MR) is 97.9 cm³/mol. The van der Waals surface area contributed by atoms with Crippen molar-refractivity contribution in [1.82, 2.24) is 5.32 Å². The molecule has 0 unspecified atom stereocenters. The predicted octanol–water partition coefficient (Wildman–Crippen LogP) is 2.52. The molecule has 0 aliphatic carbocycles. The van der Waals surface area contributed by atoms with Crippen LogP contribution >= 0.6 is 0 Å². The maximum atomic E-state index is 12.0. The summed E-state index contributed by atoms with van der Waals surface area (Å²) in [5.74, 6) is -0.211. The molecule has 0 spiro atoms. The Morgan fingerprint density at radius 1 is 1.08 bits per heavy atom. The second-order valence-electron chi connectivity index (χ2n) is 6.30. The van der Waals surface area contributed by atoms with Gasteiger partial charge in [0.15, 0.2) is 0 Å². The molecule has 3 rings (SSSR count). The number of carbonyl (C=O) groups excluding carboxylic acids is 2. The lowest BCUT2D eigenvalue weighted by atomic mass is 10.1. The average Bonchev–Trinajstić information content (AvgIpc) is 2.64. The SMILES string of the molecule is NC(=O)[C@H](NCc1ccc(N2CCCCC2=O)cc1)c1ccccc1. The third kappa shape index (κ3) is 4.25. The van der Waals surface area contributed by atoms with Gasteiger partial charge in [0.25, 0.3) is 0 Å². The molecule has 5 nitrogen and oxygen atoms in total. The van der Waals surface area contributed by atoms with Crippen LogP contribution in [0.4, 0.5) is 5.69 Å². The number of hydrogen-bond donors (Lipinski definition) is 2. The number of nitrogens with zero attached hydrogens (tertiary/aromatic N) is 1. The minimum absolute atomic E-state index is 0.190. The molecular weight excluding hydrogens is 314 g/mol. The molecule has 3 N–H and O–H groups in total. The smallest absolute Gasteiger partial charge is 0.239 e. The molecule has 1 heterocycles. The number of primary amides is 1. The molecule has 1 aliphatic rings. The van der Waals surface area contributed by atoms with E-state index in [0.717, 1.165) is 36.2 Å². The van der Waals surface area contributed by atoms with Gasteiger partial charge in [0.05, 0.1) is 0 Å². The van der Waals surface area contributed by atoms with Gasteiger partial charge < -0.3 is 10.6 Å². The molecular formula is C20H23N3O2. The van der Waals surface area contributed by atoms with Crippen LogP contribution in [-0.2, 0) is 16.1 Å². The summed E-state index contributed by atoms with van der Waals surface area (Å²) in [6, 6.07) is 16.8. The quantitative estimate of drug-likeness (QED) is 0.850. The fourth-order valence-corrected chi connectivity index (χ4v) is 3.12. The van der Waals surface area contributed by atoms with E-state index in [1.165, 1.54) is 0 Å². The van der Waals surface area contributed by atoms with Gasteiger partial charge in [0, 0.05) is 25.2 Å². The van der Waals surface area contributed by atoms with Crippen molar-refractivity contribution in [2.75, 3.05) is 11.4 Å². The van der Waals surface area contributed by atoms with E-state index in [1.807, 2.05) is 59.5 Å². The summed E-state index contributed by atoms with van der Waals surface area (Å²) in [6.45, 7) is 1.31. The van der Waals surface area contributed by atoms with E-state index in [2.05, 4.69) is 5.32 Å². The number of carbonyl (C=O) groups is 2. The van der Waals surface area contributed by atoms with Crippen LogP contribution in [0.2, 0.25) is 0 Å². The minimum atomic E-state index is -0.524. The molecule has 1 saturated heterocycles. The molecule has 2 aromatic carbocycles. The molecule has 0 radical (unpaired) electrons. The van der Waals surface area contributed by atoms with Crippen LogP contribution < -0.4 is 16.0 Å². The number of benzene rings is 2. The molecule has 2 aromatic rings. The Labute approximate surface area is 147 Å². The monoisotopic (exact) mass is 337 g/mol. The van der Waals surface area contributed by atoms with Gasteiger partial charge in [0.2, 0.25) is 11.8 Å². The summed E-state index contributed by atoms with van der Waals surface area (Å²) in [5.41, 5.74) is 8.35. The molecule has 2 amide bonds. The van der Waals surface area contributed by atoms with E-state index >= 15 is 0 Å². The lowest BCUT2D eigenvalue weighted by molar-refractivity contribution is -0.120. The number of hydrogen-bond acceptors (Lipinski definition) is 3. The van der Waals surface area contributed by atoms with Crippen LogP contribution in [0, 0.1) is 0 Å². The number of nitrogens with one attached hydrogen (secondary N) is 1. The van der Waals surface area contributed by atoms with Crippen molar-refractivity contribution < 1.29 is 9.59 Å². The molecule has 5 heteroatoms. The zero-order valence-electron chi connectivity index (χ0n) is 14.2. The van der Waals surface area contributed by atoms with Crippen LogP contribution in [-0.4, -0.2) is 18.4 Å². The van der Waals surface area contributed by atoms with Crippen molar-refractivity contribution in [3.8, 4) is 0 Å². The molecule has 1 fully saturated rings. The van der Waals surface area contributed by atoms with Crippen molar-refractivity contribution in [3.05, 3.63) is 65.7 Å². The van der Waals surface area contributed by atoms with Gasteiger partial charge in [-0.25, -0.2) is 0 Å². The van der Waals surface area contributed by atoms with E-state index in [0.29, 0.717) is 13.0 Å². The normalized spacial score (nSPS) is 15.8. The van der Waals surface area contributed by atoms with E-state index in [9.17, 15) is 9.59 Å². The summed E-state index contributed by atoms with van der Waals surface area (Å²) in [7, 11) is 0.